The minimum atomic E-state index is -0.432. The molecule has 3 aromatic rings. The van der Waals surface area contributed by atoms with Crippen molar-refractivity contribution in [1.29, 1.82) is 5.26 Å². The van der Waals surface area contributed by atoms with Crippen LogP contribution < -0.4 is 9.47 Å². The molecule has 0 heterocycles. The summed E-state index contributed by atoms with van der Waals surface area (Å²) >= 11 is 4.41. The molecule has 0 aliphatic heterocycles. The van der Waals surface area contributed by atoms with Crippen LogP contribution in [0, 0.1) is 28.6 Å². The Bertz CT molecular complexity index is 1180. The van der Waals surface area contributed by atoms with Gasteiger partial charge in [-0.15, -0.1) is 0 Å². The van der Waals surface area contributed by atoms with Crippen molar-refractivity contribution in [3.05, 3.63) is 94.6 Å². The number of nitriles is 1. The van der Waals surface area contributed by atoms with E-state index in [1.165, 1.54) is 12.1 Å². The Morgan fingerprint density at radius 2 is 1.78 bits per heavy atom. The van der Waals surface area contributed by atoms with Gasteiger partial charge in [-0.25, -0.2) is 0 Å². The summed E-state index contributed by atoms with van der Waals surface area (Å²) in [5, 5.41) is 20.5. The van der Waals surface area contributed by atoms with Gasteiger partial charge in [-0.1, -0.05) is 12.1 Å². The molecule has 0 amide bonds. The van der Waals surface area contributed by atoms with E-state index in [-0.39, 0.29) is 12.3 Å². The number of non-ortho nitro benzene ring substituents is 1. The number of benzene rings is 3. The first-order chi connectivity index (χ1) is 15.4. The minimum absolute atomic E-state index is 0.0379. The van der Waals surface area contributed by atoms with Crippen molar-refractivity contribution in [2.75, 3.05) is 6.61 Å². The van der Waals surface area contributed by atoms with E-state index in [9.17, 15) is 15.4 Å². The van der Waals surface area contributed by atoms with E-state index in [0.29, 0.717) is 23.7 Å². The fourth-order valence-corrected chi connectivity index (χ4v) is 4.06. The average molecular weight is 652 g/mol. The molecule has 0 saturated carbocycles. The summed E-state index contributed by atoms with van der Waals surface area (Å²) in [6.45, 7) is 2.59. The number of rotatable bonds is 8. The van der Waals surface area contributed by atoms with E-state index >= 15 is 0 Å². The number of halogens is 2. The summed E-state index contributed by atoms with van der Waals surface area (Å²) in [5.74, 6) is 1.17. The molecular weight excluding hydrogens is 634 g/mol. The number of allylic oxidation sites excluding steroid dienone is 1. The van der Waals surface area contributed by atoms with Gasteiger partial charge in [-0.2, -0.15) is 5.26 Å². The zero-order valence-corrected chi connectivity index (χ0v) is 21.4. The van der Waals surface area contributed by atoms with Gasteiger partial charge in [0.05, 0.1) is 26.7 Å². The molecule has 0 radical (unpaired) electrons. The van der Waals surface area contributed by atoms with Gasteiger partial charge in [0.15, 0.2) is 11.5 Å². The maximum absolute atomic E-state index is 10.8. The maximum atomic E-state index is 10.8. The van der Waals surface area contributed by atoms with Crippen LogP contribution in [0.3, 0.4) is 0 Å². The van der Waals surface area contributed by atoms with Gasteiger partial charge in [0.1, 0.15) is 6.61 Å². The lowest BCUT2D eigenvalue weighted by Crippen LogP contribution is -2.02. The lowest BCUT2D eigenvalue weighted by molar-refractivity contribution is -0.384. The molecule has 6 nitrogen and oxygen atoms in total. The highest BCUT2D eigenvalue weighted by molar-refractivity contribution is 14.1. The van der Waals surface area contributed by atoms with Crippen molar-refractivity contribution in [2.45, 2.75) is 13.5 Å². The third kappa shape index (κ3) is 6.20. The normalized spacial score (nSPS) is 11.0. The van der Waals surface area contributed by atoms with Crippen LogP contribution >= 0.6 is 45.2 Å². The van der Waals surface area contributed by atoms with Crippen LogP contribution in [0.1, 0.15) is 23.6 Å². The first kappa shape index (κ1) is 24.0. The van der Waals surface area contributed by atoms with Gasteiger partial charge in [-0.3, -0.25) is 10.1 Å². The lowest BCUT2D eigenvalue weighted by atomic mass is 10.0. The van der Waals surface area contributed by atoms with Crippen LogP contribution in [-0.2, 0) is 6.61 Å². The maximum Gasteiger partial charge on any atom is 0.269 e. The number of nitro groups is 1. The van der Waals surface area contributed by atoms with E-state index in [2.05, 4.69) is 51.3 Å². The highest BCUT2D eigenvalue weighted by Gasteiger charge is 2.13. The standard InChI is InChI=1S/C24H18I2N2O4/c1-2-31-23-13-17(11-19(14-27)18-5-7-20(25)8-6-18)12-22(26)24(23)32-15-16-3-9-21(10-4-16)28(29)30/h3-13H,2,15H2,1H3/b19-11-. The molecule has 0 unspecified atom stereocenters. The molecule has 32 heavy (non-hydrogen) atoms. The molecule has 0 bridgehead atoms. The molecule has 0 saturated heterocycles. The molecule has 3 aromatic carbocycles. The molecular formula is C24H18I2N2O4. The summed E-state index contributed by atoms with van der Waals surface area (Å²) in [5.41, 5.74) is 3.08. The van der Waals surface area contributed by atoms with Gasteiger partial charge >= 0.3 is 0 Å². The predicted molar refractivity (Wildman–Crippen MR) is 140 cm³/mol. The van der Waals surface area contributed by atoms with Crippen molar-refractivity contribution in [2.24, 2.45) is 0 Å². The fraction of sp³-hybridized carbons (Fsp3) is 0.125. The van der Waals surface area contributed by atoms with E-state index in [0.717, 1.165) is 23.8 Å². The smallest absolute Gasteiger partial charge is 0.269 e. The zero-order chi connectivity index (χ0) is 23.1. The second kappa shape index (κ2) is 11.3. The lowest BCUT2D eigenvalue weighted by Gasteiger charge is -2.15. The predicted octanol–water partition coefficient (Wildman–Crippen LogP) is 6.85. The summed E-state index contributed by atoms with van der Waals surface area (Å²) < 4.78 is 13.7. The average Bonchev–Trinajstić information content (AvgIpc) is 2.78. The molecule has 0 spiro atoms. The third-order valence-electron chi connectivity index (χ3n) is 4.45. The SMILES string of the molecule is CCOc1cc(/C=C(/C#N)c2ccc(I)cc2)cc(I)c1OCc1ccc([N+](=O)[O-])cc1. The van der Waals surface area contributed by atoms with Gasteiger partial charge in [0.2, 0.25) is 0 Å². The van der Waals surface area contributed by atoms with Crippen molar-refractivity contribution in [3.63, 3.8) is 0 Å². The van der Waals surface area contributed by atoms with E-state index < -0.39 is 4.92 Å². The summed E-state index contributed by atoms with van der Waals surface area (Å²) in [6, 6.07) is 20.1. The van der Waals surface area contributed by atoms with Crippen molar-refractivity contribution in [3.8, 4) is 17.6 Å². The number of hydrogen-bond acceptors (Lipinski definition) is 5. The molecule has 0 fully saturated rings. The second-order valence-electron chi connectivity index (χ2n) is 6.65. The van der Waals surface area contributed by atoms with Crippen LogP contribution in [0.25, 0.3) is 11.6 Å². The molecule has 3 rings (SSSR count). The molecule has 0 aromatic heterocycles. The minimum Gasteiger partial charge on any atom is -0.490 e. The van der Waals surface area contributed by atoms with Gasteiger partial charge in [0.25, 0.3) is 5.69 Å². The first-order valence-corrected chi connectivity index (χ1v) is 11.8. The Kier molecular flexibility index (Phi) is 8.46. The molecule has 0 aliphatic rings. The Labute approximate surface area is 213 Å². The summed E-state index contributed by atoms with van der Waals surface area (Å²) in [4.78, 5) is 10.4. The highest BCUT2D eigenvalue weighted by atomic mass is 127. The fourth-order valence-electron chi connectivity index (χ4n) is 2.92. The Morgan fingerprint density at radius 1 is 1.09 bits per heavy atom. The van der Waals surface area contributed by atoms with E-state index in [4.69, 9.17) is 9.47 Å². The topological polar surface area (TPSA) is 85.4 Å². The largest absolute Gasteiger partial charge is 0.490 e. The summed E-state index contributed by atoms with van der Waals surface area (Å²) in [6.07, 6.45) is 1.83. The van der Waals surface area contributed by atoms with Crippen molar-refractivity contribution in [1.82, 2.24) is 0 Å². The highest BCUT2D eigenvalue weighted by Crippen LogP contribution is 2.36. The molecule has 0 aliphatic carbocycles. The number of ether oxygens (including phenoxy) is 2. The Morgan fingerprint density at radius 3 is 2.38 bits per heavy atom. The Balaban J connectivity index is 1.87. The molecule has 0 atom stereocenters. The number of nitro benzene ring substituents is 1. The first-order valence-electron chi connectivity index (χ1n) is 9.61. The summed E-state index contributed by atoms with van der Waals surface area (Å²) in [7, 11) is 0. The second-order valence-corrected chi connectivity index (χ2v) is 9.06. The molecule has 162 valence electrons. The molecule has 8 heteroatoms. The number of nitrogens with zero attached hydrogens (tertiary/aromatic N) is 2. The van der Waals surface area contributed by atoms with Crippen molar-refractivity contribution >= 4 is 62.5 Å². The van der Waals surface area contributed by atoms with Crippen LogP contribution in [0.5, 0.6) is 11.5 Å². The van der Waals surface area contributed by atoms with Gasteiger partial charge in [0, 0.05) is 15.7 Å². The monoisotopic (exact) mass is 652 g/mol. The number of hydrogen-bond donors (Lipinski definition) is 0. The van der Waals surface area contributed by atoms with Crippen molar-refractivity contribution < 1.29 is 14.4 Å². The van der Waals surface area contributed by atoms with Gasteiger partial charge < -0.3 is 9.47 Å². The van der Waals surface area contributed by atoms with Crippen LogP contribution in [-0.4, -0.2) is 11.5 Å². The van der Waals surface area contributed by atoms with Gasteiger partial charge in [-0.05, 0) is 111 Å². The third-order valence-corrected chi connectivity index (χ3v) is 5.97. The quantitative estimate of drug-likeness (QED) is 0.0875. The Hall–Kier alpha value is -2.65. The van der Waals surface area contributed by atoms with E-state index in [1.54, 1.807) is 12.1 Å². The van der Waals surface area contributed by atoms with E-state index in [1.807, 2.05) is 49.4 Å². The zero-order valence-electron chi connectivity index (χ0n) is 17.0. The van der Waals surface area contributed by atoms with Crippen LogP contribution in [0.15, 0.2) is 60.7 Å². The van der Waals surface area contributed by atoms with Crippen LogP contribution in [0.4, 0.5) is 5.69 Å². The molecule has 0 N–H and O–H groups in total. The van der Waals surface area contributed by atoms with Crippen LogP contribution in [0.2, 0.25) is 0 Å².